The number of hydrogen-bond donors (Lipinski definition) is 1. The van der Waals surface area contributed by atoms with Gasteiger partial charge in [0.15, 0.2) is 0 Å². The van der Waals surface area contributed by atoms with Gasteiger partial charge in [0, 0.05) is 22.2 Å². The molecule has 1 aliphatic heterocycles. The zero-order chi connectivity index (χ0) is 28.5. The molecule has 0 saturated carbocycles. The molecule has 9 nitrogen and oxygen atoms in total. The lowest BCUT2D eigenvalue weighted by Gasteiger charge is -2.27. The summed E-state index contributed by atoms with van der Waals surface area (Å²) >= 11 is 9.29. The highest BCUT2D eigenvalue weighted by Crippen LogP contribution is 2.37. The van der Waals surface area contributed by atoms with E-state index in [0.29, 0.717) is 27.1 Å². The Morgan fingerprint density at radius 3 is 2.51 bits per heavy atom. The van der Waals surface area contributed by atoms with Gasteiger partial charge in [-0.1, -0.05) is 39.7 Å². The fraction of sp³-hybridized carbons (Fsp3) is 0.0800. The Balaban J connectivity index is 1.70. The number of rotatable bonds is 6. The number of ether oxygens (including phenoxy) is 1. The third kappa shape index (κ3) is 6.10. The Hall–Kier alpha value is -4.23. The first-order chi connectivity index (χ1) is 18.3. The van der Waals surface area contributed by atoms with E-state index in [1.165, 1.54) is 30.3 Å². The molecule has 1 aliphatic rings. The van der Waals surface area contributed by atoms with Gasteiger partial charge in [-0.3, -0.25) is 25.0 Å². The smallest absolute Gasteiger partial charge is 0.416 e. The van der Waals surface area contributed by atoms with Crippen molar-refractivity contribution in [3.8, 4) is 5.75 Å². The number of carbonyl (C=O) groups is 3. The van der Waals surface area contributed by atoms with Crippen molar-refractivity contribution in [2.45, 2.75) is 12.8 Å². The lowest BCUT2D eigenvalue weighted by molar-refractivity contribution is -0.384. The Morgan fingerprint density at radius 2 is 1.82 bits per heavy atom. The number of imide groups is 2. The van der Waals surface area contributed by atoms with Crippen molar-refractivity contribution in [1.29, 1.82) is 0 Å². The number of alkyl halides is 3. The van der Waals surface area contributed by atoms with Gasteiger partial charge in [0.2, 0.25) is 0 Å². The molecule has 0 spiro atoms. The maximum absolute atomic E-state index is 13.3. The van der Waals surface area contributed by atoms with Crippen LogP contribution >= 0.6 is 27.5 Å². The van der Waals surface area contributed by atoms with Gasteiger partial charge >= 0.3 is 12.2 Å². The average molecular weight is 625 g/mol. The Morgan fingerprint density at radius 1 is 1.08 bits per heavy atom. The first-order valence-corrected chi connectivity index (χ1v) is 12.0. The first kappa shape index (κ1) is 27.8. The number of hydrogen-bond acceptors (Lipinski definition) is 6. The van der Waals surface area contributed by atoms with Crippen molar-refractivity contribution in [3.63, 3.8) is 0 Å². The monoisotopic (exact) mass is 623 g/mol. The van der Waals surface area contributed by atoms with Crippen LogP contribution in [-0.2, 0) is 22.4 Å². The van der Waals surface area contributed by atoms with E-state index in [9.17, 15) is 37.7 Å². The Labute approximate surface area is 231 Å². The van der Waals surface area contributed by atoms with E-state index in [-0.39, 0.29) is 28.6 Å². The molecular weight excluding hydrogens is 611 g/mol. The van der Waals surface area contributed by atoms with E-state index in [1.807, 2.05) is 5.32 Å². The van der Waals surface area contributed by atoms with E-state index in [4.69, 9.17) is 16.3 Å². The molecule has 1 saturated heterocycles. The molecule has 14 heteroatoms. The quantitative estimate of drug-likeness (QED) is 0.149. The number of nitro benzene ring substituents is 1. The molecule has 3 aromatic carbocycles. The number of benzene rings is 3. The second-order valence-corrected chi connectivity index (χ2v) is 9.34. The number of nitrogens with zero attached hydrogens (tertiary/aromatic N) is 2. The number of barbiturate groups is 1. The minimum absolute atomic E-state index is 0.107. The molecule has 0 aliphatic carbocycles. The minimum Gasteiger partial charge on any atom is -0.488 e. The molecular formula is C25H14BrClF3N3O6. The largest absolute Gasteiger partial charge is 0.488 e. The summed E-state index contributed by atoms with van der Waals surface area (Å²) in [5.41, 5.74) is -1.79. The summed E-state index contributed by atoms with van der Waals surface area (Å²) in [6.07, 6.45) is -3.68. The zero-order valence-corrected chi connectivity index (χ0v) is 21.6. The number of carbonyl (C=O) groups excluding carboxylic acids is 3. The van der Waals surface area contributed by atoms with Crippen LogP contribution in [0.2, 0.25) is 5.02 Å². The molecule has 200 valence electrons. The third-order valence-corrected chi connectivity index (χ3v) is 6.22. The number of nitro groups is 1. The fourth-order valence-electron chi connectivity index (χ4n) is 3.58. The molecule has 0 aromatic heterocycles. The van der Waals surface area contributed by atoms with Gasteiger partial charge in [0.1, 0.15) is 17.9 Å². The average Bonchev–Trinajstić information content (AvgIpc) is 2.86. The summed E-state index contributed by atoms with van der Waals surface area (Å²) in [5, 5.41) is 12.6. The Kier molecular flexibility index (Phi) is 7.74. The van der Waals surface area contributed by atoms with Crippen LogP contribution in [0.25, 0.3) is 6.08 Å². The van der Waals surface area contributed by atoms with E-state index < -0.39 is 45.8 Å². The van der Waals surface area contributed by atoms with Crippen LogP contribution in [0.4, 0.5) is 29.3 Å². The maximum atomic E-state index is 13.3. The highest BCUT2D eigenvalue weighted by molar-refractivity contribution is 9.10. The number of urea groups is 1. The van der Waals surface area contributed by atoms with E-state index in [0.717, 1.165) is 12.1 Å². The molecule has 39 heavy (non-hydrogen) atoms. The predicted molar refractivity (Wildman–Crippen MR) is 137 cm³/mol. The number of non-ortho nitro benzene ring substituents is 1. The van der Waals surface area contributed by atoms with Crippen molar-refractivity contribution in [2.24, 2.45) is 0 Å². The highest BCUT2D eigenvalue weighted by atomic mass is 79.9. The normalized spacial score (nSPS) is 14.9. The van der Waals surface area contributed by atoms with E-state index in [2.05, 4.69) is 15.9 Å². The van der Waals surface area contributed by atoms with Crippen LogP contribution in [-0.4, -0.2) is 22.8 Å². The molecule has 0 unspecified atom stereocenters. The molecule has 3 aromatic rings. The molecule has 1 N–H and O–H groups in total. The predicted octanol–water partition coefficient (Wildman–Crippen LogP) is 6.27. The van der Waals surface area contributed by atoms with E-state index in [1.54, 1.807) is 12.1 Å². The molecule has 0 atom stereocenters. The maximum Gasteiger partial charge on any atom is 0.416 e. The fourth-order valence-corrected chi connectivity index (χ4v) is 4.16. The van der Waals surface area contributed by atoms with Crippen molar-refractivity contribution >= 4 is 62.8 Å². The van der Waals surface area contributed by atoms with Crippen molar-refractivity contribution in [3.05, 3.63) is 103 Å². The SMILES string of the molecule is O=C1NC(=O)N(c2cc(C(F)(F)F)ccc2Cl)C(=O)/C1=C\c1cc(Br)ccc1OCc1cccc([N+](=O)[O-])c1. The molecule has 4 amide bonds. The van der Waals surface area contributed by atoms with Gasteiger partial charge in [0.25, 0.3) is 17.5 Å². The first-order valence-electron chi connectivity index (χ1n) is 10.8. The van der Waals surface area contributed by atoms with Gasteiger partial charge in [-0.25, -0.2) is 9.69 Å². The lowest BCUT2D eigenvalue weighted by atomic mass is 10.1. The standard InChI is InChI=1S/C25H14BrClF3N3O6/c26-16-5-7-21(39-12-13-2-1-3-17(8-13)33(37)38)14(9-16)10-18-22(34)31-24(36)32(23(18)35)20-11-15(25(28,29)30)4-6-19(20)27/h1-11H,12H2,(H,31,34,36)/b18-10-. The van der Waals surface area contributed by atoms with Crippen LogP contribution < -0.4 is 15.0 Å². The second kappa shape index (κ2) is 10.9. The van der Waals surface area contributed by atoms with Gasteiger partial charge in [0.05, 0.1) is 21.2 Å². The van der Waals surface area contributed by atoms with Crippen LogP contribution in [0.5, 0.6) is 5.75 Å². The summed E-state index contributed by atoms with van der Waals surface area (Å²) in [6, 6.07) is 11.1. The number of nitrogens with one attached hydrogen (secondary N) is 1. The molecule has 1 fully saturated rings. The van der Waals surface area contributed by atoms with Crippen molar-refractivity contribution in [2.75, 3.05) is 4.90 Å². The zero-order valence-electron chi connectivity index (χ0n) is 19.3. The second-order valence-electron chi connectivity index (χ2n) is 8.02. The summed E-state index contributed by atoms with van der Waals surface area (Å²) < 4.78 is 46.1. The van der Waals surface area contributed by atoms with Crippen molar-refractivity contribution < 1.29 is 37.2 Å². The van der Waals surface area contributed by atoms with Crippen LogP contribution in [0.3, 0.4) is 0 Å². The topological polar surface area (TPSA) is 119 Å². The van der Waals surface area contributed by atoms with Gasteiger partial charge in [-0.2, -0.15) is 13.2 Å². The molecule has 1 heterocycles. The van der Waals surface area contributed by atoms with Crippen molar-refractivity contribution in [1.82, 2.24) is 5.32 Å². The summed E-state index contributed by atoms with van der Waals surface area (Å²) in [5.74, 6) is -2.14. The molecule has 4 rings (SSSR count). The summed E-state index contributed by atoms with van der Waals surface area (Å²) in [6.45, 7) is -0.107. The number of amides is 4. The number of anilines is 1. The van der Waals surface area contributed by atoms with Gasteiger partial charge < -0.3 is 4.74 Å². The molecule has 0 bridgehead atoms. The number of halogens is 5. The highest BCUT2D eigenvalue weighted by Gasteiger charge is 2.39. The van der Waals surface area contributed by atoms with Crippen LogP contribution in [0.15, 0.2) is 70.7 Å². The minimum atomic E-state index is -4.79. The van der Waals surface area contributed by atoms with Gasteiger partial charge in [-0.05, 0) is 48.0 Å². The van der Waals surface area contributed by atoms with Gasteiger partial charge in [-0.15, -0.1) is 0 Å². The Bertz CT molecular complexity index is 1560. The van der Waals surface area contributed by atoms with E-state index >= 15 is 0 Å². The lowest BCUT2D eigenvalue weighted by Crippen LogP contribution is -2.54. The summed E-state index contributed by atoms with van der Waals surface area (Å²) in [4.78, 5) is 49.2. The van der Waals surface area contributed by atoms with Crippen LogP contribution in [0.1, 0.15) is 16.7 Å². The molecule has 0 radical (unpaired) electrons. The third-order valence-electron chi connectivity index (χ3n) is 5.40. The summed E-state index contributed by atoms with van der Waals surface area (Å²) in [7, 11) is 0. The van der Waals surface area contributed by atoms with Crippen LogP contribution in [0, 0.1) is 10.1 Å².